The Bertz CT molecular complexity index is 621. The number of carbonyl (C=O) groups is 1. The van der Waals surface area contributed by atoms with Crippen LogP contribution in [0.5, 0.6) is 0 Å². The first-order chi connectivity index (χ1) is 10.5. The summed E-state index contributed by atoms with van der Waals surface area (Å²) in [6, 6.07) is 8.27. The van der Waals surface area contributed by atoms with Crippen LogP contribution in [-0.2, 0) is 24.8 Å². The zero-order valence-electron chi connectivity index (χ0n) is 13.5. The van der Waals surface area contributed by atoms with Gasteiger partial charge in [-0.25, -0.2) is 0 Å². The Labute approximate surface area is 131 Å². The number of hydrogen-bond donors (Lipinski definition) is 1. The number of aromatic nitrogens is 2. The smallest absolute Gasteiger partial charge is 0.234 e. The van der Waals surface area contributed by atoms with E-state index in [0.717, 1.165) is 18.5 Å². The molecule has 22 heavy (non-hydrogen) atoms. The molecule has 0 saturated carbocycles. The second-order valence-corrected chi connectivity index (χ2v) is 5.72. The maximum Gasteiger partial charge on any atom is 0.234 e. The molecule has 5 nitrogen and oxygen atoms in total. The topological polar surface area (TPSA) is 50.2 Å². The molecule has 2 rings (SSSR count). The molecule has 0 spiro atoms. The molecule has 1 N–H and O–H groups in total. The number of nitrogens with zero attached hydrogens (tertiary/aromatic N) is 3. The molecule has 1 aromatic heterocycles. The van der Waals surface area contributed by atoms with E-state index in [0.29, 0.717) is 13.1 Å². The number of nitrogens with one attached hydrogen (secondary N) is 1. The highest BCUT2D eigenvalue weighted by Gasteiger charge is 2.08. The molecule has 0 aliphatic heterocycles. The number of benzene rings is 1. The number of rotatable bonds is 7. The Kier molecular flexibility index (Phi) is 5.72. The fraction of sp³-hybridized carbons (Fsp3) is 0.412. The van der Waals surface area contributed by atoms with Crippen LogP contribution < -0.4 is 5.32 Å². The highest BCUT2D eigenvalue weighted by atomic mass is 16.2. The lowest BCUT2D eigenvalue weighted by molar-refractivity contribution is -0.122. The number of carbonyl (C=O) groups excluding carboxylic acids is 1. The molecule has 118 valence electrons. The van der Waals surface area contributed by atoms with Gasteiger partial charge < -0.3 is 5.32 Å². The normalized spacial score (nSPS) is 10.9. The van der Waals surface area contributed by atoms with Gasteiger partial charge in [0.05, 0.1) is 12.7 Å². The van der Waals surface area contributed by atoms with Crippen molar-refractivity contribution < 1.29 is 4.79 Å². The van der Waals surface area contributed by atoms with E-state index < -0.39 is 0 Å². The Hall–Kier alpha value is -2.14. The van der Waals surface area contributed by atoms with E-state index >= 15 is 0 Å². The van der Waals surface area contributed by atoms with Gasteiger partial charge in [-0.1, -0.05) is 24.3 Å². The third kappa shape index (κ3) is 5.00. The summed E-state index contributed by atoms with van der Waals surface area (Å²) in [6.45, 7) is 3.88. The summed E-state index contributed by atoms with van der Waals surface area (Å²) in [7, 11) is 3.83. The van der Waals surface area contributed by atoms with Crippen LogP contribution in [0, 0.1) is 6.92 Å². The molecule has 0 bridgehead atoms. The van der Waals surface area contributed by atoms with Gasteiger partial charge in [-0.2, -0.15) is 5.10 Å². The van der Waals surface area contributed by atoms with Crippen molar-refractivity contribution in [2.45, 2.75) is 19.9 Å². The van der Waals surface area contributed by atoms with E-state index in [1.165, 1.54) is 11.1 Å². The van der Waals surface area contributed by atoms with Crippen LogP contribution in [0.2, 0.25) is 0 Å². The van der Waals surface area contributed by atoms with Crippen molar-refractivity contribution in [2.75, 3.05) is 20.1 Å². The van der Waals surface area contributed by atoms with Gasteiger partial charge in [-0.15, -0.1) is 0 Å². The SMILES string of the molecule is Cc1ccccc1CCNC(=O)CN(C)Cc1cnn(C)c1. The van der Waals surface area contributed by atoms with Gasteiger partial charge in [0.15, 0.2) is 0 Å². The predicted octanol–water partition coefficient (Wildman–Crippen LogP) is 1.52. The van der Waals surface area contributed by atoms with Crippen molar-refractivity contribution in [3.05, 3.63) is 53.3 Å². The molecule has 1 heterocycles. The van der Waals surface area contributed by atoms with Gasteiger partial charge in [0, 0.05) is 31.9 Å². The van der Waals surface area contributed by atoms with Gasteiger partial charge >= 0.3 is 0 Å². The summed E-state index contributed by atoms with van der Waals surface area (Å²) in [4.78, 5) is 13.9. The third-order valence-corrected chi connectivity index (χ3v) is 3.60. The highest BCUT2D eigenvalue weighted by Crippen LogP contribution is 2.06. The Morgan fingerprint density at radius 1 is 1.36 bits per heavy atom. The van der Waals surface area contributed by atoms with Crippen LogP contribution in [0.3, 0.4) is 0 Å². The molecule has 5 heteroatoms. The summed E-state index contributed by atoms with van der Waals surface area (Å²) in [5, 5.41) is 7.11. The molecule has 0 radical (unpaired) electrons. The van der Waals surface area contributed by atoms with Crippen molar-refractivity contribution in [1.29, 1.82) is 0 Å². The van der Waals surface area contributed by atoms with E-state index in [-0.39, 0.29) is 5.91 Å². The summed E-state index contributed by atoms with van der Waals surface area (Å²) in [6.07, 6.45) is 4.66. The maximum atomic E-state index is 12.0. The zero-order chi connectivity index (χ0) is 15.9. The lowest BCUT2D eigenvalue weighted by Gasteiger charge is -2.15. The average Bonchev–Trinajstić information content (AvgIpc) is 2.86. The van der Waals surface area contributed by atoms with Crippen molar-refractivity contribution in [3.63, 3.8) is 0 Å². The summed E-state index contributed by atoms with van der Waals surface area (Å²) < 4.78 is 1.77. The number of amides is 1. The molecular formula is C17H24N4O. The van der Waals surface area contributed by atoms with E-state index in [1.807, 2.05) is 43.5 Å². The predicted molar refractivity (Wildman–Crippen MR) is 87.4 cm³/mol. The second kappa shape index (κ2) is 7.75. The largest absolute Gasteiger partial charge is 0.355 e. The molecule has 1 amide bonds. The standard InChI is InChI=1S/C17H24N4O/c1-14-6-4-5-7-16(14)8-9-18-17(22)13-20(2)11-15-10-19-21(3)12-15/h4-7,10,12H,8-9,11,13H2,1-3H3,(H,18,22). The highest BCUT2D eigenvalue weighted by molar-refractivity contribution is 5.77. The molecule has 1 aromatic carbocycles. The van der Waals surface area contributed by atoms with Crippen LogP contribution in [0.4, 0.5) is 0 Å². The molecular weight excluding hydrogens is 276 g/mol. The summed E-state index contributed by atoms with van der Waals surface area (Å²) in [5.41, 5.74) is 3.66. The first-order valence-corrected chi connectivity index (χ1v) is 7.52. The minimum atomic E-state index is 0.0555. The first kappa shape index (κ1) is 16.2. The number of hydrogen-bond acceptors (Lipinski definition) is 3. The summed E-state index contributed by atoms with van der Waals surface area (Å²) in [5.74, 6) is 0.0555. The van der Waals surface area contributed by atoms with Crippen LogP contribution in [0.25, 0.3) is 0 Å². The lowest BCUT2D eigenvalue weighted by atomic mass is 10.1. The van der Waals surface area contributed by atoms with Gasteiger partial charge in [0.2, 0.25) is 5.91 Å². The van der Waals surface area contributed by atoms with Crippen molar-refractivity contribution in [3.8, 4) is 0 Å². The minimum Gasteiger partial charge on any atom is -0.355 e. The molecule has 0 atom stereocenters. The van der Waals surface area contributed by atoms with Crippen molar-refractivity contribution >= 4 is 5.91 Å². The number of aryl methyl sites for hydroxylation is 2. The van der Waals surface area contributed by atoms with Crippen LogP contribution in [0.15, 0.2) is 36.7 Å². The van der Waals surface area contributed by atoms with E-state index in [2.05, 4.69) is 29.5 Å². The molecule has 0 unspecified atom stereocenters. The molecule has 2 aromatic rings. The minimum absolute atomic E-state index is 0.0555. The van der Waals surface area contributed by atoms with E-state index in [9.17, 15) is 4.79 Å². The van der Waals surface area contributed by atoms with Crippen LogP contribution >= 0.6 is 0 Å². The second-order valence-electron chi connectivity index (χ2n) is 5.72. The van der Waals surface area contributed by atoms with Gasteiger partial charge in [-0.3, -0.25) is 14.4 Å². The Morgan fingerprint density at radius 2 is 2.14 bits per heavy atom. The monoisotopic (exact) mass is 300 g/mol. The van der Waals surface area contributed by atoms with Crippen LogP contribution in [-0.4, -0.2) is 40.7 Å². The Morgan fingerprint density at radius 3 is 2.82 bits per heavy atom. The fourth-order valence-corrected chi connectivity index (χ4v) is 2.45. The van der Waals surface area contributed by atoms with Gasteiger partial charge in [0.25, 0.3) is 0 Å². The lowest BCUT2D eigenvalue weighted by Crippen LogP contribution is -2.35. The van der Waals surface area contributed by atoms with E-state index in [4.69, 9.17) is 0 Å². The quantitative estimate of drug-likeness (QED) is 0.843. The van der Waals surface area contributed by atoms with Crippen LogP contribution in [0.1, 0.15) is 16.7 Å². The zero-order valence-corrected chi connectivity index (χ0v) is 13.5. The van der Waals surface area contributed by atoms with Crippen molar-refractivity contribution in [2.24, 2.45) is 7.05 Å². The molecule has 0 aliphatic rings. The molecule has 0 aliphatic carbocycles. The third-order valence-electron chi connectivity index (χ3n) is 3.60. The maximum absolute atomic E-state index is 12.0. The van der Waals surface area contributed by atoms with Crippen molar-refractivity contribution in [1.82, 2.24) is 20.0 Å². The van der Waals surface area contributed by atoms with Gasteiger partial charge in [-0.05, 0) is 31.5 Å². The fourth-order valence-electron chi connectivity index (χ4n) is 2.45. The molecule has 0 fully saturated rings. The Balaban J connectivity index is 1.70. The number of likely N-dealkylation sites (N-methyl/N-ethyl adjacent to an activating group) is 1. The van der Waals surface area contributed by atoms with Gasteiger partial charge in [0.1, 0.15) is 0 Å². The van der Waals surface area contributed by atoms with E-state index in [1.54, 1.807) is 4.68 Å². The summed E-state index contributed by atoms with van der Waals surface area (Å²) >= 11 is 0. The molecule has 0 saturated heterocycles. The average molecular weight is 300 g/mol. The first-order valence-electron chi connectivity index (χ1n) is 7.52.